The summed E-state index contributed by atoms with van der Waals surface area (Å²) in [7, 11) is 0. The average Bonchev–Trinajstić information content (AvgIpc) is 2.25. The van der Waals surface area contributed by atoms with Crippen molar-refractivity contribution >= 4 is 5.84 Å². The number of unbranched alkanes of at least 4 members (excludes halogenated alkanes) is 1. The van der Waals surface area contributed by atoms with Gasteiger partial charge < -0.3 is 15.7 Å². The number of hydrogen-bond acceptors (Lipinski definition) is 4. The quantitative estimate of drug-likeness (QED) is 0.243. The van der Waals surface area contributed by atoms with Gasteiger partial charge in [-0.15, -0.1) is 0 Å². The van der Waals surface area contributed by atoms with Crippen LogP contribution in [0.15, 0.2) is 5.16 Å². The van der Waals surface area contributed by atoms with Crippen molar-refractivity contribution in [2.75, 3.05) is 26.3 Å². The number of rotatable bonds is 5. The SMILES string of the molecule is CC1(C)COCCN1CCCC/C(N)=N/O. The summed E-state index contributed by atoms with van der Waals surface area (Å²) in [5.41, 5.74) is 5.55. The van der Waals surface area contributed by atoms with Gasteiger partial charge in [0.05, 0.1) is 13.2 Å². The maximum atomic E-state index is 8.40. The number of morpholine rings is 1. The number of oxime groups is 1. The fourth-order valence-electron chi connectivity index (χ4n) is 1.96. The van der Waals surface area contributed by atoms with Crippen LogP contribution in [0.5, 0.6) is 0 Å². The number of amidine groups is 1. The predicted molar refractivity (Wildman–Crippen MR) is 63.7 cm³/mol. The Morgan fingerprint density at radius 2 is 2.25 bits per heavy atom. The highest BCUT2D eigenvalue weighted by Gasteiger charge is 2.29. The topological polar surface area (TPSA) is 71.1 Å². The van der Waals surface area contributed by atoms with E-state index in [0.717, 1.165) is 39.1 Å². The van der Waals surface area contributed by atoms with Crippen LogP contribution in [-0.2, 0) is 4.74 Å². The Morgan fingerprint density at radius 1 is 1.50 bits per heavy atom. The molecule has 0 amide bonds. The third kappa shape index (κ3) is 3.98. The second-order valence-corrected chi connectivity index (χ2v) is 4.90. The summed E-state index contributed by atoms with van der Waals surface area (Å²) in [5.74, 6) is 0.321. The fourth-order valence-corrected chi connectivity index (χ4v) is 1.96. The van der Waals surface area contributed by atoms with Gasteiger partial charge in [-0.05, 0) is 33.2 Å². The number of nitrogens with two attached hydrogens (primary N) is 1. The lowest BCUT2D eigenvalue weighted by Crippen LogP contribution is -2.53. The first-order chi connectivity index (χ1) is 7.56. The molecule has 0 aromatic carbocycles. The molecule has 1 fully saturated rings. The molecule has 5 nitrogen and oxygen atoms in total. The Morgan fingerprint density at radius 3 is 2.88 bits per heavy atom. The highest BCUT2D eigenvalue weighted by atomic mass is 16.5. The maximum absolute atomic E-state index is 8.40. The summed E-state index contributed by atoms with van der Waals surface area (Å²) < 4.78 is 5.46. The number of ether oxygens (including phenoxy) is 1. The summed E-state index contributed by atoms with van der Waals surface area (Å²) >= 11 is 0. The van der Waals surface area contributed by atoms with Gasteiger partial charge in [0, 0.05) is 18.5 Å². The van der Waals surface area contributed by atoms with Crippen LogP contribution in [0.4, 0.5) is 0 Å². The Hall–Kier alpha value is -0.810. The molecule has 0 atom stereocenters. The second-order valence-electron chi connectivity index (χ2n) is 4.90. The van der Waals surface area contributed by atoms with E-state index in [2.05, 4.69) is 23.9 Å². The molecule has 0 saturated carbocycles. The van der Waals surface area contributed by atoms with Gasteiger partial charge in [0.1, 0.15) is 5.84 Å². The molecule has 1 aliphatic rings. The molecular formula is C11H23N3O2. The van der Waals surface area contributed by atoms with Crippen molar-refractivity contribution in [1.82, 2.24) is 4.90 Å². The van der Waals surface area contributed by atoms with Crippen LogP contribution in [0.2, 0.25) is 0 Å². The van der Waals surface area contributed by atoms with E-state index in [9.17, 15) is 0 Å². The third-order valence-corrected chi connectivity index (χ3v) is 3.06. The van der Waals surface area contributed by atoms with Gasteiger partial charge in [0.2, 0.25) is 0 Å². The summed E-state index contributed by atoms with van der Waals surface area (Å²) in [6, 6.07) is 0. The van der Waals surface area contributed by atoms with E-state index >= 15 is 0 Å². The minimum absolute atomic E-state index is 0.134. The highest BCUT2D eigenvalue weighted by Crippen LogP contribution is 2.19. The Labute approximate surface area is 97.2 Å². The fraction of sp³-hybridized carbons (Fsp3) is 0.909. The molecule has 0 radical (unpaired) electrons. The molecule has 94 valence electrons. The van der Waals surface area contributed by atoms with Gasteiger partial charge in [0.25, 0.3) is 0 Å². The molecule has 1 rings (SSSR count). The monoisotopic (exact) mass is 229 g/mol. The van der Waals surface area contributed by atoms with Crippen molar-refractivity contribution in [2.24, 2.45) is 10.9 Å². The molecule has 1 heterocycles. The first kappa shape index (κ1) is 13.3. The van der Waals surface area contributed by atoms with Crippen LogP contribution in [0, 0.1) is 0 Å². The van der Waals surface area contributed by atoms with Crippen molar-refractivity contribution in [3.8, 4) is 0 Å². The molecule has 0 bridgehead atoms. The van der Waals surface area contributed by atoms with Crippen molar-refractivity contribution < 1.29 is 9.94 Å². The van der Waals surface area contributed by atoms with Crippen LogP contribution in [0.25, 0.3) is 0 Å². The van der Waals surface area contributed by atoms with Crippen molar-refractivity contribution in [1.29, 1.82) is 0 Å². The molecule has 0 aromatic heterocycles. The van der Waals surface area contributed by atoms with Gasteiger partial charge in [-0.25, -0.2) is 0 Å². The summed E-state index contributed by atoms with van der Waals surface area (Å²) in [5, 5.41) is 11.4. The minimum atomic E-state index is 0.134. The summed E-state index contributed by atoms with van der Waals surface area (Å²) in [6.07, 6.45) is 2.70. The summed E-state index contributed by atoms with van der Waals surface area (Å²) in [4.78, 5) is 2.45. The van der Waals surface area contributed by atoms with E-state index in [0.29, 0.717) is 12.3 Å². The molecule has 1 saturated heterocycles. The zero-order chi connectivity index (χ0) is 12.0. The first-order valence-corrected chi connectivity index (χ1v) is 5.85. The molecule has 0 aliphatic carbocycles. The standard InChI is InChI=1S/C11H23N3O2/c1-11(2)9-16-8-7-14(11)6-4-3-5-10(12)13-15/h15H,3-9H2,1-2H3,(H2,12,13). The zero-order valence-corrected chi connectivity index (χ0v) is 10.3. The molecule has 5 heteroatoms. The van der Waals surface area contributed by atoms with Crippen LogP contribution in [0.1, 0.15) is 33.1 Å². The van der Waals surface area contributed by atoms with E-state index in [4.69, 9.17) is 15.7 Å². The molecule has 0 aromatic rings. The predicted octanol–water partition coefficient (Wildman–Crippen LogP) is 1.01. The Balaban J connectivity index is 2.21. The lowest BCUT2D eigenvalue weighted by molar-refractivity contribution is -0.0512. The molecule has 0 unspecified atom stereocenters. The first-order valence-electron chi connectivity index (χ1n) is 5.85. The van der Waals surface area contributed by atoms with Crippen molar-refractivity contribution in [2.45, 2.75) is 38.6 Å². The number of nitrogens with zero attached hydrogens (tertiary/aromatic N) is 2. The lowest BCUT2D eigenvalue weighted by atomic mass is 10.0. The molecular weight excluding hydrogens is 206 g/mol. The van der Waals surface area contributed by atoms with Crippen LogP contribution >= 0.6 is 0 Å². The molecule has 3 N–H and O–H groups in total. The zero-order valence-electron chi connectivity index (χ0n) is 10.3. The van der Waals surface area contributed by atoms with Gasteiger partial charge in [-0.1, -0.05) is 5.16 Å². The molecule has 0 spiro atoms. The maximum Gasteiger partial charge on any atom is 0.139 e. The van der Waals surface area contributed by atoms with Gasteiger partial charge in [-0.2, -0.15) is 0 Å². The lowest BCUT2D eigenvalue weighted by Gasteiger charge is -2.42. The minimum Gasteiger partial charge on any atom is -0.409 e. The highest BCUT2D eigenvalue weighted by molar-refractivity contribution is 5.79. The Bertz CT molecular complexity index is 241. The Kier molecular flexibility index (Phi) is 5.02. The van der Waals surface area contributed by atoms with Crippen molar-refractivity contribution in [3.05, 3.63) is 0 Å². The molecule has 16 heavy (non-hydrogen) atoms. The second kappa shape index (κ2) is 6.06. The van der Waals surface area contributed by atoms with Crippen LogP contribution in [-0.4, -0.2) is 47.8 Å². The summed E-state index contributed by atoms with van der Waals surface area (Å²) in [6.45, 7) is 8.08. The van der Waals surface area contributed by atoms with Crippen LogP contribution in [0.3, 0.4) is 0 Å². The van der Waals surface area contributed by atoms with E-state index in [1.54, 1.807) is 0 Å². The van der Waals surface area contributed by atoms with E-state index in [1.165, 1.54) is 0 Å². The largest absolute Gasteiger partial charge is 0.409 e. The molecule has 1 aliphatic heterocycles. The average molecular weight is 229 g/mol. The number of hydrogen-bond donors (Lipinski definition) is 2. The van der Waals surface area contributed by atoms with E-state index in [-0.39, 0.29) is 5.54 Å². The van der Waals surface area contributed by atoms with Gasteiger partial charge in [0.15, 0.2) is 0 Å². The smallest absolute Gasteiger partial charge is 0.139 e. The van der Waals surface area contributed by atoms with Gasteiger partial charge in [-0.3, -0.25) is 4.90 Å². The van der Waals surface area contributed by atoms with E-state index in [1.807, 2.05) is 0 Å². The normalized spacial score (nSPS) is 22.2. The van der Waals surface area contributed by atoms with E-state index < -0.39 is 0 Å². The third-order valence-electron chi connectivity index (χ3n) is 3.06. The van der Waals surface area contributed by atoms with Gasteiger partial charge >= 0.3 is 0 Å². The van der Waals surface area contributed by atoms with Crippen molar-refractivity contribution in [3.63, 3.8) is 0 Å². The van der Waals surface area contributed by atoms with Crippen LogP contribution < -0.4 is 5.73 Å².